The van der Waals surface area contributed by atoms with E-state index in [1.807, 2.05) is 0 Å². The second-order valence-corrected chi connectivity index (χ2v) is 13.6. The zero-order valence-corrected chi connectivity index (χ0v) is 11.5. The molecule has 0 heterocycles. The second-order valence-electron chi connectivity index (χ2n) is 3.83. The highest BCUT2D eigenvalue weighted by Crippen LogP contribution is 2.33. The third-order valence-electron chi connectivity index (χ3n) is 2.45. The van der Waals surface area contributed by atoms with Crippen LogP contribution in [-0.2, 0) is 23.3 Å². The maximum absolute atomic E-state index is 11.9. The monoisotopic (exact) mass is 294 g/mol. The number of carbonyl (C=O) groups excluding carboxylic acids is 1. The molecule has 0 aliphatic carbocycles. The summed E-state index contributed by atoms with van der Waals surface area (Å²) in [6.45, 7) is 3.39. The third kappa shape index (κ3) is 3.96. The summed E-state index contributed by atoms with van der Waals surface area (Å²) in [5, 5.41) is 0. The van der Waals surface area contributed by atoms with Crippen LogP contribution >= 0.6 is 0 Å². The standard InChI is InChI=1S/C7H13F3O5SSi/c1-5(6(11)14-2)17(3,4)16(12,13)15-7(8,9)10/h5H,1-4H3. The van der Waals surface area contributed by atoms with E-state index in [4.69, 9.17) is 0 Å². The van der Waals surface area contributed by atoms with Crippen LogP contribution in [0.1, 0.15) is 6.92 Å². The van der Waals surface area contributed by atoms with Crippen LogP contribution in [0, 0.1) is 0 Å². The number of alkyl halides is 3. The van der Waals surface area contributed by atoms with Gasteiger partial charge < -0.3 is 4.74 Å². The van der Waals surface area contributed by atoms with Crippen molar-refractivity contribution in [1.82, 2.24) is 0 Å². The lowest BCUT2D eigenvalue weighted by Crippen LogP contribution is -2.47. The van der Waals surface area contributed by atoms with Crippen LogP contribution in [0.3, 0.4) is 0 Å². The van der Waals surface area contributed by atoms with Gasteiger partial charge in [0.2, 0.25) is 16.8 Å². The molecule has 0 saturated carbocycles. The molecular weight excluding hydrogens is 281 g/mol. The van der Waals surface area contributed by atoms with Crippen LogP contribution in [0.2, 0.25) is 18.6 Å². The van der Waals surface area contributed by atoms with E-state index in [1.54, 1.807) is 0 Å². The van der Waals surface area contributed by atoms with E-state index >= 15 is 0 Å². The smallest absolute Gasteiger partial charge is 0.469 e. The maximum Gasteiger partial charge on any atom is 0.536 e. The molecule has 0 amide bonds. The van der Waals surface area contributed by atoms with Crippen LogP contribution in [0.25, 0.3) is 0 Å². The van der Waals surface area contributed by atoms with E-state index in [9.17, 15) is 26.4 Å². The molecule has 0 aliphatic heterocycles. The van der Waals surface area contributed by atoms with Crippen LogP contribution in [0.4, 0.5) is 13.2 Å². The van der Waals surface area contributed by atoms with Crippen molar-refractivity contribution >= 4 is 22.8 Å². The first-order valence-corrected chi connectivity index (χ1v) is 9.66. The first-order chi connectivity index (χ1) is 7.35. The Morgan fingerprint density at radius 2 is 1.71 bits per heavy atom. The molecule has 0 N–H and O–H groups in total. The van der Waals surface area contributed by atoms with E-state index in [2.05, 4.69) is 8.92 Å². The van der Waals surface area contributed by atoms with Crippen molar-refractivity contribution < 1.29 is 35.3 Å². The molecule has 0 aromatic heterocycles. The lowest BCUT2D eigenvalue weighted by molar-refractivity contribution is -0.271. The summed E-state index contributed by atoms with van der Waals surface area (Å²) in [7, 11) is -7.50. The highest BCUT2D eigenvalue weighted by Gasteiger charge is 2.52. The Balaban J connectivity index is 5.24. The Morgan fingerprint density at radius 3 is 2.00 bits per heavy atom. The molecule has 0 rings (SSSR count). The SMILES string of the molecule is COC(=O)C(C)[Si](C)(C)S(=O)(=O)OC(F)(F)F. The average Bonchev–Trinajstić information content (AvgIpc) is 2.11. The molecule has 0 saturated heterocycles. The van der Waals surface area contributed by atoms with Gasteiger partial charge in [0.05, 0.1) is 12.7 Å². The fraction of sp³-hybridized carbons (Fsp3) is 0.857. The molecule has 5 nitrogen and oxygen atoms in total. The molecular formula is C7H13F3O5SSi. The van der Waals surface area contributed by atoms with Crippen LogP contribution < -0.4 is 0 Å². The van der Waals surface area contributed by atoms with Gasteiger partial charge in [0, 0.05) is 0 Å². The van der Waals surface area contributed by atoms with Crippen LogP contribution in [-0.4, -0.2) is 35.1 Å². The summed E-state index contributed by atoms with van der Waals surface area (Å²) in [5.41, 5.74) is -1.17. The van der Waals surface area contributed by atoms with Gasteiger partial charge in [-0.05, 0) is 0 Å². The average molecular weight is 294 g/mol. The molecule has 10 heteroatoms. The fourth-order valence-electron chi connectivity index (χ4n) is 0.909. The quantitative estimate of drug-likeness (QED) is 0.582. The Hall–Kier alpha value is -0.613. The summed E-state index contributed by atoms with van der Waals surface area (Å²) in [6, 6.07) is 0. The van der Waals surface area contributed by atoms with Gasteiger partial charge in [-0.15, -0.1) is 13.2 Å². The third-order valence-corrected chi connectivity index (χ3v) is 11.6. The highest BCUT2D eigenvalue weighted by molar-refractivity contribution is 8.18. The Bertz CT molecular complexity index is 389. The number of hydrogen-bond donors (Lipinski definition) is 0. The zero-order chi connectivity index (χ0) is 14.1. The van der Waals surface area contributed by atoms with Crippen LogP contribution in [0.5, 0.6) is 0 Å². The number of methoxy groups -OCH3 is 1. The molecule has 0 aromatic carbocycles. The molecule has 0 spiro atoms. The largest absolute Gasteiger partial charge is 0.536 e. The van der Waals surface area contributed by atoms with Crippen LogP contribution in [0.15, 0.2) is 0 Å². The molecule has 0 fully saturated rings. The van der Waals surface area contributed by atoms with Crippen molar-refractivity contribution in [2.45, 2.75) is 31.9 Å². The van der Waals surface area contributed by atoms with Gasteiger partial charge in [-0.25, -0.2) is 8.42 Å². The maximum atomic E-state index is 11.9. The molecule has 0 aliphatic rings. The van der Waals surface area contributed by atoms with E-state index in [0.717, 1.165) is 20.2 Å². The molecule has 0 radical (unpaired) electrons. The number of carbonyl (C=O) groups is 1. The zero-order valence-electron chi connectivity index (χ0n) is 9.66. The van der Waals surface area contributed by atoms with Gasteiger partial charge in [0.15, 0.2) is 0 Å². The van der Waals surface area contributed by atoms with Crippen molar-refractivity contribution in [2.24, 2.45) is 0 Å². The van der Waals surface area contributed by atoms with Crippen molar-refractivity contribution in [2.75, 3.05) is 7.11 Å². The number of ether oxygens (including phenoxy) is 1. The van der Waals surface area contributed by atoms with Gasteiger partial charge >= 0.3 is 12.3 Å². The van der Waals surface area contributed by atoms with Gasteiger partial charge in [-0.3, -0.25) is 4.79 Å². The Labute approximate surface area is 97.7 Å². The summed E-state index contributed by atoms with van der Waals surface area (Å²) in [4.78, 5) is 11.2. The van der Waals surface area contributed by atoms with Gasteiger partial charge in [-0.1, -0.05) is 20.0 Å². The summed E-state index contributed by atoms with van der Waals surface area (Å²) >= 11 is 0. The van der Waals surface area contributed by atoms with E-state index in [-0.39, 0.29) is 0 Å². The lowest BCUT2D eigenvalue weighted by atomic mass is 10.5. The first kappa shape index (κ1) is 16.4. The minimum Gasteiger partial charge on any atom is -0.469 e. The van der Waals surface area contributed by atoms with E-state index in [0.29, 0.717) is 0 Å². The first-order valence-electron chi connectivity index (χ1n) is 4.45. The molecule has 102 valence electrons. The van der Waals surface area contributed by atoms with Gasteiger partial charge in [-0.2, -0.15) is 4.18 Å². The van der Waals surface area contributed by atoms with Crippen molar-refractivity contribution in [3.05, 3.63) is 0 Å². The number of halogens is 3. The topological polar surface area (TPSA) is 69.7 Å². The molecule has 17 heavy (non-hydrogen) atoms. The molecule has 0 bridgehead atoms. The Kier molecular flexibility index (Phi) is 4.76. The number of hydrogen-bond acceptors (Lipinski definition) is 5. The van der Waals surface area contributed by atoms with Gasteiger partial charge in [0.1, 0.15) is 0 Å². The minimum atomic E-state index is -5.29. The minimum absolute atomic E-state index is 0.879. The Morgan fingerprint density at radius 1 is 1.29 bits per heavy atom. The predicted molar refractivity (Wildman–Crippen MR) is 55.0 cm³/mol. The number of rotatable bonds is 4. The summed E-state index contributed by atoms with van der Waals surface area (Å²) in [5.74, 6) is -0.879. The van der Waals surface area contributed by atoms with E-state index in [1.165, 1.54) is 6.92 Å². The van der Waals surface area contributed by atoms with Crippen molar-refractivity contribution in [1.29, 1.82) is 0 Å². The lowest BCUT2D eigenvalue weighted by Gasteiger charge is -2.26. The summed E-state index contributed by atoms with van der Waals surface area (Å²) < 4.78 is 66.1. The van der Waals surface area contributed by atoms with E-state index < -0.39 is 34.7 Å². The predicted octanol–water partition coefficient (Wildman–Crippen LogP) is 1.62. The van der Waals surface area contributed by atoms with Crippen molar-refractivity contribution in [3.8, 4) is 0 Å². The van der Waals surface area contributed by atoms with Gasteiger partial charge in [0.25, 0.3) is 0 Å². The fourth-order valence-corrected chi connectivity index (χ4v) is 5.01. The van der Waals surface area contributed by atoms with Crippen molar-refractivity contribution in [3.63, 3.8) is 0 Å². The number of esters is 1. The molecule has 0 aromatic rings. The highest BCUT2D eigenvalue weighted by atomic mass is 32.4. The normalized spacial score (nSPS) is 15.5. The molecule has 1 unspecified atom stereocenters. The second kappa shape index (κ2) is 4.94. The summed E-state index contributed by atoms with van der Waals surface area (Å²) in [6.07, 6.45) is -5.29. The molecule has 1 atom stereocenters.